The van der Waals surface area contributed by atoms with Gasteiger partial charge in [0.05, 0.1) is 5.02 Å². The number of nitrogens with one attached hydrogen (secondary N) is 1. The first kappa shape index (κ1) is 17.0. The molecule has 0 fully saturated rings. The van der Waals surface area contributed by atoms with E-state index in [1.165, 1.54) is 36.6 Å². The van der Waals surface area contributed by atoms with Crippen LogP contribution in [0.1, 0.15) is 42.5 Å². The summed E-state index contributed by atoms with van der Waals surface area (Å²) in [6, 6.07) is 4.04. The third-order valence-electron chi connectivity index (χ3n) is 3.62. The number of halogens is 1. The molecule has 0 aromatic heterocycles. The average Bonchev–Trinajstić information content (AvgIpc) is 2.47. The van der Waals surface area contributed by atoms with Crippen molar-refractivity contribution in [3.63, 3.8) is 0 Å². The fourth-order valence-corrected chi connectivity index (χ4v) is 3.50. The number of allylic oxidation sites excluding steroid dienone is 1. The Kier molecular flexibility index (Phi) is 5.61. The lowest BCUT2D eigenvalue weighted by Gasteiger charge is -2.13. The lowest BCUT2D eigenvalue weighted by Crippen LogP contribution is -2.25. The first-order valence-corrected chi connectivity index (χ1v) is 9.09. The molecule has 0 aliphatic heterocycles. The molecule has 2 rings (SSSR count). The summed E-state index contributed by atoms with van der Waals surface area (Å²) in [5.74, 6) is -0.335. The summed E-state index contributed by atoms with van der Waals surface area (Å²) in [5, 5.41) is 7.86. The Labute approximate surface area is 135 Å². The molecule has 1 aliphatic rings. The van der Waals surface area contributed by atoms with Crippen molar-refractivity contribution in [2.24, 2.45) is 5.14 Å². The average molecular weight is 343 g/mol. The van der Waals surface area contributed by atoms with Gasteiger partial charge in [0.25, 0.3) is 5.91 Å². The standard InChI is InChI=1S/C15H19ClN2O3S/c16-13-7-6-12(10-14(13)22(17,20)21)15(19)18-9-8-11-4-2-1-3-5-11/h4,6-7,10H,1-3,5,8-9H2,(H,18,19)(H2,17,20,21). The quantitative estimate of drug-likeness (QED) is 0.806. The molecule has 0 unspecified atom stereocenters. The Hall–Kier alpha value is -1.37. The first-order valence-electron chi connectivity index (χ1n) is 7.16. The molecule has 7 heteroatoms. The Morgan fingerprint density at radius 3 is 2.73 bits per heavy atom. The van der Waals surface area contributed by atoms with Crippen LogP contribution in [-0.2, 0) is 10.0 Å². The van der Waals surface area contributed by atoms with Gasteiger partial charge in [0.1, 0.15) is 4.90 Å². The van der Waals surface area contributed by atoms with Gasteiger partial charge in [-0.15, -0.1) is 0 Å². The molecule has 0 atom stereocenters. The van der Waals surface area contributed by atoms with Gasteiger partial charge in [-0.3, -0.25) is 4.79 Å². The number of hydrogen-bond acceptors (Lipinski definition) is 3. The molecule has 1 aromatic carbocycles. The Morgan fingerprint density at radius 2 is 2.09 bits per heavy atom. The van der Waals surface area contributed by atoms with Crippen LogP contribution >= 0.6 is 11.6 Å². The van der Waals surface area contributed by atoms with Crippen LogP contribution < -0.4 is 10.5 Å². The summed E-state index contributed by atoms with van der Waals surface area (Å²) in [5.41, 5.74) is 1.60. The van der Waals surface area contributed by atoms with Gasteiger partial charge in [0.15, 0.2) is 0 Å². The highest BCUT2D eigenvalue weighted by molar-refractivity contribution is 7.89. The number of sulfonamides is 1. The third kappa shape index (κ3) is 4.56. The summed E-state index contributed by atoms with van der Waals surface area (Å²) < 4.78 is 22.8. The highest BCUT2D eigenvalue weighted by Crippen LogP contribution is 2.22. The molecule has 0 saturated heterocycles. The largest absolute Gasteiger partial charge is 0.352 e. The van der Waals surface area contributed by atoms with Crippen molar-refractivity contribution in [2.75, 3.05) is 6.54 Å². The SMILES string of the molecule is NS(=O)(=O)c1cc(C(=O)NCCC2=CCCCC2)ccc1Cl. The minimum atomic E-state index is -3.95. The van der Waals surface area contributed by atoms with E-state index in [9.17, 15) is 13.2 Å². The summed E-state index contributed by atoms with van der Waals surface area (Å²) in [4.78, 5) is 11.8. The lowest BCUT2D eigenvalue weighted by atomic mass is 9.97. The van der Waals surface area contributed by atoms with Gasteiger partial charge in [-0.25, -0.2) is 13.6 Å². The number of carbonyl (C=O) groups is 1. The fourth-order valence-electron chi connectivity index (χ4n) is 2.43. The number of hydrogen-bond donors (Lipinski definition) is 2. The van der Waals surface area contributed by atoms with Gasteiger partial charge in [-0.1, -0.05) is 23.3 Å². The van der Waals surface area contributed by atoms with Crippen molar-refractivity contribution >= 4 is 27.5 Å². The maximum atomic E-state index is 12.1. The number of amides is 1. The van der Waals surface area contributed by atoms with E-state index in [4.69, 9.17) is 16.7 Å². The predicted octanol–water partition coefficient (Wildman–Crippen LogP) is 2.61. The van der Waals surface area contributed by atoms with Crippen LogP contribution in [0.15, 0.2) is 34.7 Å². The third-order valence-corrected chi connectivity index (χ3v) is 5.01. The van der Waals surface area contributed by atoms with Gasteiger partial charge in [0.2, 0.25) is 10.0 Å². The van der Waals surface area contributed by atoms with Gasteiger partial charge in [0, 0.05) is 12.1 Å². The van der Waals surface area contributed by atoms with E-state index in [1.54, 1.807) is 0 Å². The maximum absolute atomic E-state index is 12.1. The van der Waals surface area contributed by atoms with Crippen LogP contribution in [0.25, 0.3) is 0 Å². The second kappa shape index (κ2) is 7.26. The van der Waals surface area contributed by atoms with Crippen LogP contribution in [0, 0.1) is 0 Å². The number of carbonyl (C=O) groups excluding carboxylic acids is 1. The summed E-state index contributed by atoms with van der Waals surface area (Å²) in [6.45, 7) is 0.526. The van der Waals surface area contributed by atoms with Crippen LogP contribution in [-0.4, -0.2) is 20.9 Å². The number of nitrogens with two attached hydrogens (primary N) is 1. The molecule has 0 saturated carbocycles. The van der Waals surface area contributed by atoms with Crippen LogP contribution in [0.3, 0.4) is 0 Å². The fraction of sp³-hybridized carbons (Fsp3) is 0.400. The molecular formula is C15H19ClN2O3S. The van der Waals surface area contributed by atoms with Crippen LogP contribution in [0.2, 0.25) is 5.02 Å². The molecule has 1 aromatic rings. The molecule has 0 radical (unpaired) electrons. The smallest absolute Gasteiger partial charge is 0.251 e. The number of primary sulfonamides is 1. The Bertz CT molecular complexity index is 699. The van der Waals surface area contributed by atoms with Gasteiger partial charge >= 0.3 is 0 Å². The minimum Gasteiger partial charge on any atom is -0.352 e. The molecule has 120 valence electrons. The van der Waals surface area contributed by atoms with Crippen molar-refractivity contribution in [1.29, 1.82) is 0 Å². The predicted molar refractivity (Wildman–Crippen MR) is 86.3 cm³/mol. The second-order valence-electron chi connectivity index (χ2n) is 5.30. The van der Waals surface area contributed by atoms with Gasteiger partial charge in [-0.05, 0) is 50.3 Å². The molecule has 1 aliphatic carbocycles. The highest BCUT2D eigenvalue weighted by Gasteiger charge is 2.16. The van der Waals surface area contributed by atoms with E-state index in [-0.39, 0.29) is 21.4 Å². The van der Waals surface area contributed by atoms with Crippen molar-refractivity contribution in [2.45, 2.75) is 37.0 Å². The minimum absolute atomic E-state index is 0.00594. The Balaban J connectivity index is 1.99. The lowest BCUT2D eigenvalue weighted by molar-refractivity contribution is 0.0954. The number of rotatable bonds is 5. The number of benzene rings is 1. The van der Waals surface area contributed by atoms with Crippen molar-refractivity contribution in [3.05, 3.63) is 40.4 Å². The first-order chi connectivity index (χ1) is 10.4. The van der Waals surface area contributed by atoms with E-state index in [1.807, 2.05) is 0 Å². The van der Waals surface area contributed by atoms with E-state index in [0.29, 0.717) is 6.54 Å². The molecule has 0 bridgehead atoms. The molecule has 0 spiro atoms. The highest BCUT2D eigenvalue weighted by atomic mass is 35.5. The zero-order valence-corrected chi connectivity index (χ0v) is 13.7. The van der Waals surface area contributed by atoms with Crippen molar-refractivity contribution < 1.29 is 13.2 Å². The van der Waals surface area contributed by atoms with Gasteiger partial charge < -0.3 is 5.32 Å². The molecule has 5 nitrogen and oxygen atoms in total. The van der Waals surface area contributed by atoms with Crippen molar-refractivity contribution in [1.82, 2.24) is 5.32 Å². The monoisotopic (exact) mass is 342 g/mol. The topological polar surface area (TPSA) is 89.3 Å². The molecule has 3 N–H and O–H groups in total. The zero-order valence-electron chi connectivity index (χ0n) is 12.1. The summed E-state index contributed by atoms with van der Waals surface area (Å²) in [7, 11) is -3.95. The molecule has 22 heavy (non-hydrogen) atoms. The molecular weight excluding hydrogens is 324 g/mol. The molecule has 0 heterocycles. The molecule has 1 amide bonds. The summed E-state index contributed by atoms with van der Waals surface area (Å²) in [6.07, 6.45) is 7.69. The van der Waals surface area contributed by atoms with Gasteiger partial charge in [-0.2, -0.15) is 0 Å². The van der Waals surface area contributed by atoms with Crippen molar-refractivity contribution in [3.8, 4) is 0 Å². The maximum Gasteiger partial charge on any atom is 0.251 e. The zero-order chi connectivity index (χ0) is 16.2. The van der Waals surface area contributed by atoms with E-state index in [2.05, 4.69) is 11.4 Å². The normalized spacial score (nSPS) is 15.3. The van der Waals surface area contributed by atoms with E-state index >= 15 is 0 Å². The summed E-state index contributed by atoms with van der Waals surface area (Å²) >= 11 is 5.79. The van der Waals surface area contributed by atoms with E-state index in [0.717, 1.165) is 19.3 Å². The van der Waals surface area contributed by atoms with Crippen LogP contribution in [0.5, 0.6) is 0 Å². The second-order valence-corrected chi connectivity index (χ2v) is 7.24. The van der Waals surface area contributed by atoms with Crippen LogP contribution in [0.4, 0.5) is 0 Å². The Morgan fingerprint density at radius 1 is 1.32 bits per heavy atom. The van der Waals surface area contributed by atoms with E-state index < -0.39 is 10.0 Å².